The smallest absolute Gasteiger partial charge is 0.308 e. The van der Waals surface area contributed by atoms with Gasteiger partial charge in [0.15, 0.2) is 0 Å². The summed E-state index contributed by atoms with van der Waals surface area (Å²) in [5.41, 5.74) is 0.575. The summed E-state index contributed by atoms with van der Waals surface area (Å²) in [6.07, 6.45) is -0.278. The van der Waals surface area contributed by atoms with Crippen molar-refractivity contribution >= 4 is 17.3 Å². The zero-order chi connectivity index (χ0) is 13.1. The summed E-state index contributed by atoms with van der Waals surface area (Å²) in [5.74, 6) is -1.02. The van der Waals surface area contributed by atoms with E-state index < -0.39 is 5.97 Å². The highest BCUT2D eigenvalue weighted by molar-refractivity contribution is 7.13. The fourth-order valence-corrected chi connectivity index (χ4v) is 2.33. The first kappa shape index (κ1) is 12.5. The molecule has 0 aliphatic rings. The Kier molecular flexibility index (Phi) is 3.57. The van der Waals surface area contributed by atoms with Crippen LogP contribution in [0.1, 0.15) is 12.5 Å². The first-order chi connectivity index (χ1) is 8.61. The number of aryl methyl sites for hydroxylation is 1. The van der Waals surface area contributed by atoms with Gasteiger partial charge in [0.2, 0.25) is 0 Å². The maximum Gasteiger partial charge on any atom is 0.308 e. The van der Waals surface area contributed by atoms with Gasteiger partial charge in [-0.15, -0.1) is 11.3 Å². The van der Waals surface area contributed by atoms with E-state index in [0.29, 0.717) is 12.2 Å². The molecule has 0 spiro atoms. The van der Waals surface area contributed by atoms with E-state index in [1.165, 1.54) is 16.0 Å². The molecule has 1 N–H and O–H groups in total. The van der Waals surface area contributed by atoms with Gasteiger partial charge in [0.1, 0.15) is 5.69 Å². The van der Waals surface area contributed by atoms with Crippen molar-refractivity contribution in [1.82, 2.24) is 9.78 Å². The maximum absolute atomic E-state index is 11.9. The number of aromatic nitrogens is 2. The molecule has 0 radical (unpaired) electrons. The molecule has 0 aromatic carbocycles. The molecule has 0 atom stereocenters. The number of nitrogens with zero attached hydrogens (tertiary/aromatic N) is 2. The molecule has 6 heteroatoms. The van der Waals surface area contributed by atoms with Gasteiger partial charge in [0, 0.05) is 12.1 Å². The van der Waals surface area contributed by atoms with Crippen LogP contribution in [0.2, 0.25) is 0 Å². The molecule has 0 fully saturated rings. The molecule has 0 aliphatic heterocycles. The highest BCUT2D eigenvalue weighted by Crippen LogP contribution is 2.22. The molecule has 2 rings (SSSR count). The molecule has 2 heterocycles. The number of hydrogen-bond acceptors (Lipinski definition) is 4. The van der Waals surface area contributed by atoms with Gasteiger partial charge in [0.05, 0.1) is 11.3 Å². The van der Waals surface area contributed by atoms with Crippen molar-refractivity contribution in [1.29, 1.82) is 0 Å². The zero-order valence-electron chi connectivity index (χ0n) is 9.79. The molecule has 0 saturated heterocycles. The van der Waals surface area contributed by atoms with Crippen LogP contribution in [0, 0.1) is 0 Å². The quantitative estimate of drug-likeness (QED) is 0.910. The molecule has 94 valence electrons. The Balaban J connectivity index is 2.56. The first-order valence-electron chi connectivity index (χ1n) is 5.48. The Labute approximate surface area is 107 Å². The van der Waals surface area contributed by atoms with Crippen LogP contribution in [0.5, 0.6) is 0 Å². The van der Waals surface area contributed by atoms with Crippen molar-refractivity contribution in [3.05, 3.63) is 39.5 Å². The summed E-state index contributed by atoms with van der Waals surface area (Å²) in [4.78, 5) is 23.6. The van der Waals surface area contributed by atoms with Gasteiger partial charge in [-0.25, -0.2) is 4.68 Å². The average molecular weight is 264 g/mol. The summed E-state index contributed by atoms with van der Waals surface area (Å²) in [6.45, 7) is 2.22. The topological polar surface area (TPSA) is 72.2 Å². The number of aliphatic carboxylic acids is 1. The van der Waals surface area contributed by atoms with Crippen LogP contribution in [0.3, 0.4) is 0 Å². The average Bonchev–Trinajstić information content (AvgIpc) is 2.84. The predicted octanol–water partition coefficient (Wildman–Crippen LogP) is 1.62. The molecule has 0 amide bonds. The van der Waals surface area contributed by atoms with Crippen LogP contribution in [0.25, 0.3) is 10.6 Å². The van der Waals surface area contributed by atoms with Crippen molar-refractivity contribution < 1.29 is 9.90 Å². The van der Waals surface area contributed by atoms with Crippen LogP contribution in [0.4, 0.5) is 0 Å². The molecule has 0 unspecified atom stereocenters. The van der Waals surface area contributed by atoms with Crippen molar-refractivity contribution in [3.8, 4) is 10.6 Å². The lowest BCUT2D eigenvalue weighted by atomic mass is 10.2. The standard InChI is InChI=1S/C12H12N2O3S/c1-2-14-12(17)8(7-11(15)16)6-9(13-14)10-4-3-5-18-10/h3-6H,2,7H2,1H3,(H,15,16). The Bertz CT molecular complexity index is 617. The van der Waals surface area contributed by atoms with Crippen LogP contribution in [0.15, 0.2) is 28.4 Å². The van der Waals surface area contributed by atoms with Crippen molar-refractivity contribution in [2.24, 2.45) is 0 Å². The van der Waals surface area contributed by atoms with Crippen molar-refractivity contribution in [3.63, 3.8) is 0 Å². The number of carboxylic acid groups (broad SMARTS) is 1. The fraction of sp³-hybridized carbons (Fsp3) is 0.250. The highest BCUT2D eigenvalue weighted by atomic mass is 32.1. The molecule has 2 aromatic rings. The molecular weight excluding hydrogens is 252 g/mol. The Morgan fingerprint density at radius 3 is 2.89 bits per heavy atom. The monoisotopic (exact) mass is 264 g/mol. The summed E-state index contributed by atoms with van der Waals surface area (Å²) >= 11 is 1.50. The lowest BCUT2D eigenvalue weighted by molar-refractivity contribution is -0.136. The number of carboxylic acids is 1. The van der Waals surface area contributed by atoms with Gasteiger partial charge >= 0.3 is 5.97 Å². The molecule has 0 bridgehead atoms. The first-order valence-corrected chi connectivity index (χ1v) is 6.36. The van der Waals surface area contributed by atoms with Gasteiger partial charge in [-0.1, -0.05) is 6.07 Å². The van der Waals surface area contributed by atoms with E-state index in [-0.39, 0.29) is 17.5 Å². The minimum absolute atomic E-state index is 0.266. The lowest BCUT2D eigenvalue weighted by Crippen LogP contribution is -2.27. The number of rotatable bonds is 4. The molecule has 18 heavy (non-hydrogen) atoms. The molecule has 5 nitrogen and oxygen atoms in total. The highest BCUT2D eigenvalue weighted by Gasteiger charge is 2.12. The molecule has 0 aliphatic carbocycles. The van der Waals surface area contributed by atoms with Crippen LogP contribution < -0.4 is 5.56 Å². The number of thiophene rings is 1. The zero-order valence-corrected chi connectivity index (χ0v) is 10.6. The van der Waals surface area contributed by atoms with Gasteiger partial charge in [-0.3, -0.25) is 9.59 Å². The molecular formula is C12H12N2O3S. The third-order valence-electron chi connectivity index (χ3n) is 2.46. The summed E-state index contributed by atoms with van der Waals surface area (Å²) < 4.78 is 1.30. The van der Waals surface area contributed by atoms with Gasteiger partial charge < -0.3 is 5.11 Å². The van der Waals surface area contributed by atoms with E-state index in [1.807, 2.05) is 17.5 Å². The lowest BCUT2D eigenvalue weighted by Gasteiger charge is -2.06. The van der Waals surface area contributed by atoms with Crippen LogP contribution in [-0.2, 0) is 17.8 Å². The maximum atomic E-state index is 11.9. The predicted molar refractivity (Wildman–Crippen MR) is 68.8 cm³/mol. The molecule has 2 aromatic heterocycles. The van der Waals surface area contributed by atoms with E-state index in [9.17, 15) is 9.59 Å². The van der Waals surface area contributed by atoms with E-state index in [2.05, 4.69) is 5.10 Å². The third kappa shape index (κ3) is 2.48. The van der Waals surface area contributed by atoms with E-state index in [4.69, 9.17) is 5.11 Å². The second-order valence-electron chi connectivity index (χ2n) is 3.72. The SMILES string of the molecule is CCn1nc(-c2cccs2)cc(CC(=O)O)c1=O. The minimum Gasteiger partial charge on any atom is -0.481 e. The van der Waals surface area contributed by atoms with Crippen molar-refractivity contribution in [2.45, 2.75) is 19.9 Å². The second-order valence-corrected chi connectivity index (χ2v) is 4.67. The second kappa shape index (κ2) is 5.14. The molecule has 0 saturated carbocycles. The number of hydrogen-bond donors (Lipinski definition) is 1. The summed E-state index contributed by atoms with van der Waals surface area (Å²) in [5, 5.41) is 14.9. The normalized spacial score (nSPS) is 10.5. The third-order valence-corrected chi connectivity index (χ3v) is 3.36. The summed E-state index contributed by atoms with van der Waals surface area (Å²) in [7, 11) is 0. The van der Waals surface area contributed by atoms with E-state index in [1.54, 1.807) is 13.0 Å². The summed E-state index contributed by atoms with van der Waals surface area (Å²) in [6, 6.07) is 5.34. The van der Waals surface area contributed by atoms with E-state index >= 15 is 0 Å². The van der Waals surface area contributed by atoms with E-state index in [0.717, 1.165) is 4.88 Å². The van der Waals surface area contributed by atoms with Gasteiger partial charge in [-0.05, 0) is 24.4 Å². The Morgan fingerprint density at radius 2 is 2.33 bits per heavy atom. The van der Waals surface area contributed by atoms with Gasteiger partial charge in [-0.2, -0.15) is 5.10 Å². The van der Waals surface area contributed by atoms with Crippen molar-refractivity contribution in [2.75, 3.05) is 0 Å². The van der Waals surface area contributed by atoms with Crippen LogP contribution >= 0.6 is 11.3 Å². The minimum atomic E-state index is -1.02. The van der Waals surface area contributed by atoms with Crippen LogP contribution in [-0.4, -0.2) is 20.9 Å². The Hall–Kier alpha value is -1.95. The number of carbonyl (C=O) groups is 1. The van der Waals surface area contributed by atoms with Gasteiger partial charge in [0.25, 0.3) is 5.56 Å². The Morgan fingerprint density at radius 1 is 1.56 bits per heavy atom. The fourth-order valence-electron chi connectivity index (χ4n) is 1.65. The largest absolute Gasteiger partial charge is 0.481 e.